The normalized spacial score (nSPS) is 12.7. The van der Waals surface area contributed by atoms with Crippen molar-refractivity contribution in [3.05, 3.63) is 59.2 Å². The van der Waals surface area contributed by atoms with Crippen LogP contribution in [0.2, 0.25) is 0 Å². The van der Waals surface area contributed by atoms with Crippen LogP contribution in [-0.4, -0.2) is 17.4 Å². The molecule has 0 amide bonds. The molecule has 0 aliphatic rings. The summed E-state index contributed by atoms with van der Waals surface area (Å²) in [5.41, 5.74) is 1.04. The molecule has 9 heteroatoms. The Morgan fingerprint density at radius 1 is 1.00 bits per heavy atom. The van der Waals surface area contributed by atoms with Crippen LogP contribution in [0.3, 0.4) is 0 Å². The summed E-state index contributed by atoms with van der Waals surface area (Å²) in [6.07, 6.45) is -4.98. The van der Waals surface area contributed by atoms with E-state index in [1.807, 2.05) is 0 Å². The van der Waals surface area contributed by atoms with Gasteiger partial charge in [0.1, 0.15) is 5.82 Å². The lowest BCUT2D eigenvalue weighted by Gasteiger charge is -2.12. The van der Waals surface area contributed by atoms with Gasteiger partial charge in [0, 0.05) is 0 Å². The highest BCUT2D eigenvalue weighted by atomic mass is 32.2. The van der Waals surface area contributed by atoms with Gasteiger partial charge in [-0.1, -0.05) is 0 Å². The van der Waals surface area contributed by atoms with Crippen molar-refractivity contribution in [2.75, 3.05) is 0 Å². The highest BCUT2D eigenvalue weighted by Crippen LogP contribution is 2.35. The van der Waals surface area contributed by atoms with Gasteiger partial charge in [-0.25, -0.2) is 21.8 Å². The number of aryl methyl sites for hydroxylation is 2. The van der Waals surface area contributed by atoms with Gasteiger partial charge in [0.15, 0.2) is 0 Å². The molecule has 1 heterocycles. The second kappa shape index (κ2) is 5.55. The second-order valence-corrected chi connectivity index (χ2v) is 7.37. The van der Waals surface area contributed by atoms with Gasteiger partial charge in [-0.15, -0.1) is 0 Å². The fourth-order valence-corrected chi connectivity index (χ4v) is 3.91. The van der Waals surface area contributed by atoms with Gasteiger partial charge < -0.3 is 0 Å². The number of hydrogen-bond acceptors (Lipinski definition) is 3. The van der Waals surface area contributed by atoms with E-state index in [1.165, 1.54) is 12.1 Å². The van der Waals surface area contributed by atoms with Crippen LogP contribution in [0.1, 0.15) is 17.0 Å². The Kier molecular flexibility index (Phi) is 3.86. The zero-order valence-electron chi connectivity index (χ0n) is 13.1. The molecule has 0 saturated heterocycles. The van der Waals surface area contributed by atoms with Crippen molar-refractivity contribution in [1.82, 2.24) is 8.96 Å². The maximum Gasteiger partial charge on any atom is 0.450 e. The van der Waals surface area contributed by atoms with Gasteiger partial charge in [-0.2, -0.15) is 13.2 Å². The third-order valence-electron chi connectivity index (χ3n) is 3.83. The average Bonchev–Trinajstić information content (AvgIpc) is 2.87. The molecular weight excluding hydrogens is 360 g/mol. The number of nitrogens with zero attached hydrogens (tertiary/aromatic N) is 2. The standard InChI is InChI=1S/C16H12F4N2O2S/c1-9-7-13-14(8-10(9)2)22(15(21-13)16(18,19)20)25(23,24)12-5-3-11(17)4-6-12/h3-8H,1-2H3. The van der Waals surface area contributed by atoms with E-state index in [0.717, 1.165) is 24.3 Å². The van der Waals surface area contributed by atoms with Crippen LogP contribution in [0.4, 0.5) is 17.6 Å². The number of fused-ring (bicyclic) bond motifs is 1. The fraction of sp³-hybridized carbons (Fsp3) is 0.188. The number of hydrogen-bond donors (Lipinski definition) is 0. The summed E-state index contributed by atoms with van der Waals surface area (Å²) < 4.78 is 79.0. The average molecular weight is 372 g/mol. The van der Waals surface area contributed by atoms with Crippen molar-refractivity contribution in [2.24, 2.45) is 0 Å². The minimum Gasteiger partial charge on any atom is -0.223 e. The van der Waals surface area contributed by atoms with E-state index in [1.54, 1.807) is 13.8 Å². The predicted octanol–water partition coefficient (Wildman–Crippen LogP) is 4.05. The minimum atomic E-state index is -4.98. The van der Waals surface area contributed by atoms with E-state index in [9.17, 15) is 26.0 Å². The molecule has 1 aromatic heterocycles. The number of benzene rings is 2. The Labute approximate surface area is 140 Å². The molecule has 25 heavy (non-hydrogen) atoms. The van der Waals surface area contributed by atoms with Gasteiger partial charge in [0.05, 0.1) is 15.9 Å². The molecule has 2 aromatic carbocycles. The molecule has 0 unspecified atom stereocenters. The first-order chi connectivity index (χ1) is 11.5. The lowest BCUT2D eigenvalue weighted by atomic mass is 10.1. The molecule has 0 saturated carbocycles. The Balaban J connectivity index is 2.40. The Hall–Kier alpha value is -2.42. The Morgan fingerprint density at radius 3 is 2.12 bits per heavy atom. The predicted molar refractivity (Wildman–Crippen MR) is 83.2 cm³/mol. The topological polar surface area (TPSA) is 52.0 Å². The van der Waals surface area contributed by atoms with Crippen LogP contribution in [-0.2, 0) is 16.2 Å². The van der Waals surface area contributed by atoms with E-state index in [0.29, 0.717) is 11.1 Å². The van der Waals surface area contributed by atoms with Gasteiger partial charge in [-0.05, 0) is 61.4 Å². The Bertz CT molecular complexity index is 1070. The first-order valence-electron chi connectivity index (χ1n) is 7.10. The number of alkyl halides is 3. The Morgan fingerprint density at radius 2 is 1.56 bits per heavy atom. The quantitative estimate of drug-likeness (QED) is 0.638. The van der Waals surface area contributed by atoms with Crippen LogP contribution in [0.15, 0.2) is 41.3 Å². The molecule has 0 bridgehead atoms. The van der Waals surface area contributed by atoms with Crippen LogP contribution in [0.25, 0.3) is 11.0 Å². The van der Waals surface area contributed by atoms with Crippen molar-refractivity contribution in [1.29, 1.82) is 0 Å². The summed E-state index contributed by atoms with van der Waals surface area (Å²) in [5, 5.41) is 0. The lowest BCUT2D eigenvalue weighted by Crippen LogP contribution is -2.22. The van der Waals surface area contributed by atoms with Crippen molar-refractivity contribution in [3.8, 4) is 0 Å². The van der Waals surface area contributed by atoms with E-state index >= 15 is 0 Å². The smallest absolute Gasteiger partial charge is 0.223 e. The molecule has 3 rings (SSSR count). The zero-order chi connectivity index (χ0) is 18.6. The molecular formula is C16H12F4N2O2S. The molecule has 0 N–H and O–H groups in total. The van der Waals surface area contributed by atoms with Crippen LogP contribution >= 0.6 is 0 Å². The van der Waals surface area contributed by atoms with Gasteiger partial charge >= 0.3 is 6.18 Å². The molecule has 4 nitrogen and oxygen atoms in total. The largest absolute Gasteiger partial charge is 0.450 e. The highest BCUT2D eigenvalue weighted by Gasteiger charge is 2.41. The number of halogens is 4. The summed E-state index contributed by atoms with van der Waals surface area (Å²) in [4.78, 5) is 3.02. The van der Waals surface area contributed by atoms with Crippen LogP contribution in [0.5, 0.6) is 0 Å². The van der Waals surface area contributed by atoms with E-state index in [2.05, 4.69) is 4.98 Å². The molecule has 3 aromatic rings. The molecule has 0 radical (unpaired) electrons. The van der Waals surface area contributed by atoms with Gasteiger partial charge in [-0.3, -0.25) is 0 Å². The summed E-state index contributed by atoms with van der Waals surface area (Å²) in [7, 11) is -4.61. The van der Waals surface area contributed by atoms with E-state index < -0.39 is 32.7 Å². The van der Waals surface area contributed by atoms with E-state index in [-0.39, 0.29) is 15.0 Å². The molecule has 0 fully saturated rings. The monoisotopic (exact) mass is 372 g/mol. The van der Waals surface area contributed by atoms with Crippen molar-refractivity contribution < 1.29 is 26.0 Å². The fourth-order valence-electron chi connectivity index (χ4n) is 2.45. The zero-order valence-corrected chi connectivity index (χ0v) is 13.9. The van der Waals surface area contributed by atoms with Crippen molar-refractivity contribution in [3.63, 3.8) is 0 Å². The highest BCUT2D eigenvalue weighted by molar-refractivity contribution is 7.90. The number of rotatable bonds is 2. The summed E-state index contributed by atoms with van der Waals surface area (Å²) in [6.45, 7) is 3.35. The SMILES string of the molecule is Cc1cc2nc(C(F)(F)F)n(S(=O)(=O)c3ccc(F)cc3)c2cc1C. The van der Waals surface area contributed by atoms with E-state index in [4.69, 9.17) is 0 Å². The van der Waals surface area contributed by atoms with Crippen LogP contribution < -0.4 is 0 Å². The summed E-state index contributed by atoms with van der Waals surface area (Å²) >= 11 is 0. The molecule has 0 aliphatic carbocycles. The summed E-state index contributed by atoms with van der Waals surface area (Å²) in [5.74, 6) is -2.24. The first kappa shape index (κ1) is 17.4. The van der Waals surface area contributed by atoms with Crippen molar-refractivity contribution in [2.45, 2.75) is 24.9 Å². The first-order valence-corrected chi connectivity index (χ1v) is 8.54. The molecule has 0 aliphatic heterocycles. The third-order valence-corrected chi connectivity index (χ3v) is 5.55. The van der Waals surface area contributed by atoms with Crippen molar-refractivity contribution >= 4 is 21.1 Å². The summed E-state index contributed by atoms with van der Waals surface area (Å²) in [6, 6.07) is 6.31. The maximum atomic E-state index is 13.4. The lowest BCUT2D eigenvalue weighted by molar-refractivity contribution is -0.145. The molecule has 132 valence electrons. The van der Waals surface area contributed by atoms with Gasteiger partial charge in [0.25, 0.3) is 10.0 Å². The number of imidazole rings is 1. The van der Waals surface area contributed by atoms with Crippen LogP contribution in [0, 0.1) is 19.7 Å². The van der Waals surface area contributed by atoms with Gasteiger partial charge in [0.2, 0.25) is 5.82 Å². The second-order valence-electron chi connectivity index (χ2n) is 5.58. The molecule has 0 spiro atoms. The third kappa shape index (κ3) is 2.88. The number of aromatic nitrogens is 2. The molecule has 0 atom stereocenters. The minimum absolute atomic E-state index is 0.0823. The maximum absolute atomic E-state index is 13.4.